The third-order valence-electron chi connectivity index (χ3n) is 4.37. The van der Waals surface area contributed by atoms with Crippen molar-refractivity contribution in [2.75, 3.05) is 26.2 Å². The maximum absolute atomic E-state index is 13.2. The van der Waals surface area contributed by atoms with Crippen LogP contribution in [0.15, 0.2) is 18.2 Å². The van der Waals surface area contributed by atoms with Crippen LogP contribution >= 0.6 is 0 Å². The maximum atomic E-state index is 13.2. The lowest BCUT2D eigenvalue weighted by molar-refractivity contribution is -0.0461. The summed E-state index contributed by atoms with van der Waals surface area (Å²) >= 11 is 0. The van der Waals surface area contributed by atoms with Crippen molar-refractivity contribution in [2.45, 2.75) is 31.9 Å². The van der Waals surface area contributed by atoms with Crippen LogP contribution in [0, 0.1) is 12.7 Å². The van der Waals surface area contributed by atoms with Gasteiger partial charge in [0, 0.05) is 24.7 Å². The number of carbonyl (C=O) groups is 1. The Morgan fingerprint density at radius 1 is 1.52 bits per heavy atom. The van der Waals surface area contributed by atoms with E-state index in [4.69, 9.17) is 4.74 Å². The molecule has 3 rings (SSSR count). The first kappa shape index (κ1) is 14.5. The zero-order valence-corrected chi connectivity index (χ0v) is 12.3. The number of ether oxygens (including phenoxy) is 1. The Labute approximate surface area is 124 Å². The van der Waals surface area contributed by atoms with Gasteiger partial charge in [-0.2, -0.15) is 0 Å². The van der Waals surface area contributed by atoms with Crippen molar-refractivity contribution in [2.24, 2.45) is 0 Å². The standard InChI is InChI=1S/C16H21FN2O2/c1-11-7-12(4-5-15(11)17)16(20)18-8-14-9-19-6-2-3-13(19)10-21-14/h4-5,7,13-14H,2-3,6,8-10H2,1H3,(H,18,20). The third kappa shape index (κ3) is 3.24. The number of aryl methyl sites for hydroxylation is 1. The SMILES string of the molecule is Cc1cc(C(=O)NCC2CN3CCCC3CO2)ccc1F. The Bertz CT molecular complexity index is 535. The van der Waals surface area contributed by atoms with Gasteiger partial charge in [0.2, 0.25) is 0 Å². The molecule has 1 aromatic rings. The molecule has 2 aliphatic rings. The summed E-state index contributed by atoms with van der Waals surface area (Å²) in [4.78, 5) is 14.5. The van der Waals surface area contributed by atoms with E-state index in [0.717, 1.165) is 19.7 Å². The van der Waals surface area contributed by atoms with E-state index in [1.807, 2.05) is 0 Å². The summed E-state index contributed by atoms with van der Waals surface area (Å²) in [6.07, 6.45) is 2.50. The predicted octanol–water partition coefficient (Wildman–Crippen LogP) is 1.73. The van der Waals surface area contributed by atoms with E-state index < -0.39 is 0 Å². The molecule has 0 spiro atoms. The Balaban J connectivity index is 1.52. The first-order valence-corrected chi connectivity index (χ1v) is 7.53. The summed E-state index contributed by atoms with van der Waals surface area (Å²) in [5.74, 6) is -0.465. The number of hydrogen-bond donors (Lipinski definition) is 1. The van der Waals surface area contributed by atoms with Gasteiger partial charge >= 0.3 is 0 Å². The molecule has 0 bridgehead atoms. The number of rotatable bonds is 3. The average Bonchev–Trinajstić information content (AvgIpc) is 2.95. The minimum Gasteiger partial charge on any atom is -0.373 e. The summed E-state index contributed by atoms with van der Waals surface area (Å²) in [6, 6.07) is 4.98. The van der Waals surface area contributed by atoms with Gasteiger partial charge in [0.1, 0.15) is 5.82 Å². The fraction of sp³-hybridized carbons (Fsp3) is 0.562. The molecule has 5 heteroatoms. The summed E-state index contributed by atoms with van der Waals surface area (Å²) in [5.41, 5.74) is 0.972. The van der Waals surface area contributed by atoms with Crippen molar-refractivity contribution < 1.29 is 13.9 Å². The predicted molar refractivity (Wildman–Crippen MR) is 77.8 cm³/mol. The molecule has 0 radical (unpaired) electrons. The molecule has 0 aromatic heterocycles. The van der Waals surface area contributed by atoms with E-state index in [-0.39, 0.29) is 17.8 Å². The highest BCUT2D eigenvalue weighted by molar-refractivity contribution is 5.94. The van der Waals surface area contributed by atoms with Crippen LogP contribution in [0.2, 0.25) is 0 Å². The van der Waals surface area contributed by atoms with E-state index in [1.54, 1.807) is 13.0 Å². The van der Waals surface area contributed by atoms with Gasteiger partial charge in [-0.05, 0) is 50.1 Å². The van der Waals surface area contributed by atoms with Gasteiger partial charge in [0.15, 0.2) is 0 Å². The second kappa shape index (κ2) is 6.12. The van der Waals surface area contributed by atoms with Gasteiger partial charge in [-0.1, -0.05) is 0 Å². The zero-order chi connectivity index (χ0) is 14.8. The largest absolute Gasteiger partial charge is 0.373 e. The Morgan fingerprint density at radius 3 is 3.19 bits per heavy atom. The van der Waals surface area contributed by atoms with Crippen molar-refractivity contribution in [3.05, 3.63) is 35.1 Å². The normalized spacial score (nSPS) is 25.6. The van der Waals surface area contributed by atoms with E-state index in [1.165, 1.54) is 25.0 Å². The Hall–Kier alpha value is -1.46. The quantitative estimate of drug-likeness (QED) is 0.922. The average molecular weight is 292 g/mol. The number of benzene rings is 1. The van der Waals surface area contributed by atoms with Crippen LogP contribution in [0.1, 0.15) is 28.8 Å². The van der Waals surface area contributed by atoms with Gasteiger partial charge < -0.3 is 10.1 Å². The van der Waals surface area contributed by atoms with Gasteiger partial charge in [-0.3, -0.25) is 9.69 Å². The number of carbonyl (C=O) groups excluding carboxylic acids is 1. The van der Waals surface area contributed by atoms with E-state index in [0.29, 0.717) is 23.7 Å². The maximum Gasteiger partial charge on any atom is 0.251 e. The molecule has 4 nitrogen and oxygen atoms in total. The molecule has 2 fully saturated rings. The third-order valence-corrected chi connectivity index (χ3v) is 4.37. The van der Waals surface area contributed by atoms with E-state index >= 15 is 0 Å². The summed E-state index contributed by atoms with van der Waals surface area (Å²) in [5, 5.41) is 2.88. The van der Waals surface area contributed by atoms with Crippen LogP contribution in [0.5, 0.6) is 0 Å². The fourth-order valence-electron chi connectivity index (χ4n) is 3.10. The molecule has 21 heavy (non-hydrogen) atoms. The topological polar surface area (TPSA) is 41.6 Å². The number of morpholine rings is 1. The first-order valence-electron chi connectivity index (χ1n) is 7.53. The summed E-state index contributed by atoms with van der Waals surface area (Å²) in [7, 11) is 0. The highest BCUT2D eigenvalue weighted by Crippen LogP contribution is 2.22. The van der Waals surface area contributed by atoms with Crippen LogP contribution in [0.25, 0.3) is 0 Å². The van der Waals surface area contributed by atoms with Gasteiger partial charge in [0.05, 0.1) is 12.7 Å². The number of nitrogens with zero attached hydrogens (tertiary/aromatic N) is 1. The van der Waals surface area contributed by atoms with Crippen molar-refractivity contribution >= 4 is 5.91 Å². The lowest BCUT2D eigenvalue weighted by atomic mass is 10.1. The number of halogens is 1. The molecule has 114 valence electrons. The minimum absolute atomic E-state index is 0.0462. The van der Waals surface area contributed by atoms with Gasteiger partial charge in [0.25, 0.3) is 5.91 Å². The molecular formula is C16H21FN2O2. The monoisotopic (exact) mass is 292 g/mol. The van der Waals surface area contributed by atoms with Crippen LogP contribution in [0.4, 0.5) is 4.39 Å². The van der Waals surface area contributed by atoms with Gasteiger partial charge in [-0.15, -0.1) is 0 Å². The molecule has 2 atom stereocenters. The molecule has 2 heterocycles. The number of fused-ring (bicyclic) bond motifs is 1. The van der Waals surface area contributed by atoms with Crippen LogP contribution in [0.3, 0.4) is 0 Å². The zero-order valence-electron chi connectivity index (χ0n) is 12.3. The number of amides is 1. The van der Waals surface area contributed by atoms with Crippen molar-refractivity contribution in [1.29, 1.82) is 0 Å². The highest BCUT2D eigenvalue weighted by Gasteiger charge is 2.32. The molecule has 2 saturated heterocycles. The summed E-state index contributed by atoms with van der Waals surface area (Å²) < 4.78 is 19.0. The minimum atomic E-state index is -0.290. The van der Waals surface area contributed by atoms with Crippen molar-refractivity contribution in [3.63, 3.8) is 0 Å². The lowest BCUT2D eigenvalue weighted by Gasteiger charge is -2.35. The second-order valence-electron chi connectivity index (χ2n) is 5.92. The van der Waals surface area contributed by atoms with Crippen LogP contribution in [-0.4, -0.2) is 49.2 Å². The van der Waals surface area contributed by atoms with Crippen LogP contribution in [-0.2, 0) is 4.74 Å². The van der Waals surface area contributed by atoms with Gasteiger partial charge in [-0.25, -0.2) is 4.39 Å². The van der Waals surface area contributed by atoms with Crippen molar-refractivity contribution in [3.8, 4) is 0 Å². The Kier molecular flexibility index (Phi) is 4.22. The van der Waals surface area contributed by atoms with E-state index in [9.17, 15) is 9.18 Å². The highest BCUT2D eigenvalue weighted by atomic mass is 19.1. The molecule has 1 N–H and O–H groups in total. The first-order chi connectivity index (χ1) is 10.1. The molecular weight excluding hydrogens is 271 g/mol. The lowest BCUT2D eigenvalue weighted by Crippen LogP contribution is -2.50. The number of nitrogens with one attached hydrogen (secondary N) is 1. The molecule has 0 saturated carbocycles. The molecule has 2 unspecified atom stereocenters. The molecule has 1 aromatic carbocycles. The molecule has 2 aliphatic heterocycles. The molecule has 0 aliphatic carbocycles. The Morgan fingerprint density at radius 2 is 2.38 bits per heavy atom. The number of hydrogen-bond acceptors (Lipinski definition) is 3. The second-order valence-corrected chi connectivity index (χ2v) is 5.92. The fourth-order valence-corrected chi connectivity index (χ4v) is 3.10. The van der Waals surface area contributed by atoms with E-state index in [2.05, 4.69) is 10.2 Å². The molecule has 1 amide bonds. The smallest absolute Gasteiger partial charge is 0.251 e. The van der Waals surface area contributed by atoms with Crippen LogP contribution < -0.4 is 5.32 Å². The van der Waals surface area contributed by atoms with Crippen molar-refractivity contribution in [1.82, 2.24) is 10.2 Å². The summed E-state index contributed by atoms with van der Waals surface area (Å²) in [6.45, 7) is 4.93.